The molecule has 0 aliphatic carbocycles. The fourth-order valence-corrected chi connectivity index (χ4v) is 2.19. The van der Waals surface area contributed by atoms with Gasteiger partial charge in [0.2, 0.25) is 5.91 Å². The molecule has 18 heavy (non-hydrogen) atoms. The second kappa shape index (κ2) is 6.43. The molecule has 0 saturated heterocycles. The number of carbonyl (C=O) groups is 1. The predicted octanol–water partition coefficient (Wildman–Crippen LogP) is 3.74. The Morgan fingerprint density at radius 1 is 1.06 bits per heavy atom. The Morgan fingerprint density at radius 3 is 2.11 bits per heavy atom. The first-order valence-corrected chi connectivity index (χ1v) is 6.54. The average Bonchev–Trinajstić information content (AvgIpc) is 2.24. The van der Waals surface area contributed by atoms with E-state index in [4.69, 9.17) is 0 Å². The monoisotopic (exact) mass is 248 g/mol. The quantitative estimate of drug-likeness (QED) is 0.833. The van der Waals surface area contributed by atoms with E-state index < -0.39 is 0 Å². The molecule has 0 fully saturated rings. The van der Waals surface area contributed by atoms with Crippen molar-refractivity contribution in [2.45, 2.75) is 40.7 Å². The molecule has 1 aromatic rings. The highest BCUT2D eigenvalue weighted by Gasteiger charge is 2.16. The fourth-order valence-electron chi connectivity index (χ4n) is 2.19. The minimum Gasteiger partial charge on any atom is -0.382 e. The van der Waals surface area contributed by atoms with Gasteiger partial charge in [-0.15, -0.1) is 0 Å². The Morgan fingerprint density at radius 2 is 1.61 bits per heavy atom. The van der Waals surface area contributed by atoms with Crippen molar-refractivity contribution in [3.8, 4) is 0 Å². The molecule has 0 aliphatic heterocycles. The van der Waals surface area contributed by atoms with Crippen molar-refractivity contribution in [1.29, 1.82) is 0 Å². The summed E-state index contributed by atoms with van der Waals surface area (Å²) in [6.45, 7) is 10.4. The standard InChI is InChI=1S/C15H24N2O/c1-10(2)15(11(3)4)17-14-8-6-7-13(9-14)16-12(5)18/h6-11,15,17H,1-5H3,(H,16,18). The first-order valence-electron chi connectivity index (χ1n) is 6.54. The smallest absolute Gasteiger partial charge is 0.221 e. The van der Waals surface area contributed by atoms with Crippen molar-refractivity contribution in [2.24, 2.45) is 11.8 Å². The summed E-state index contributed by atoms with van der Waals surface area (Å²) in [5, 5.41) is 6.34. The van der Waals surface area contributed by atoms with Crippen LogP contribution < -0.4 is 10.6 Å². The zero-order valence-electron chi connectivity index (χ0n) is 11.9. The van der Waals surface area contributed by atoms with E-state index >= 15 is 0 Å². The van der Waals surface area contributed by atoms with Crippen molar-refractivity contribution >= 4 is 17.3 Å². The molecule has 0 unspecified atom stereocenters. The molecule has 1 amide bonds. The molecule has 0 heterocycles. The van der Waals surface area contributed by atoms with Crippen LogP contribution in [0.1, 0.15) is 34.6 Å². The molecule has 0 aliphatic rings. The van der Waals surface area contributed by atoms with E-state index in [-0.39, 0.29) is 5.91 Å². The van der Waals surface area contributed by atoms with Gasteiger partial charge in [0.1, 0.15) is 0 Å². The molecule has 0 bridgehead atoms. The Labute approximate surface area is 110 Å². The third kappa shape index (κ3) is 4.40. The summed E-state index contributed by atoms with van der Waals surface area (Å²) in [7, 11) is 0. The summed E-state index contributed by atoms with van der Waals surface area (Å²) >= 11 is 0. The maximum Gasteiger partial charge on any atom is 0.221 e. The highest BCUT2D eigenvalue weighted by Crippen LogP contribution is 2.21. The Kier molecular flexibility index (Phi) is 5.20. The van der Waals surface area contributed by atoms with E-state index in [1.807, 2.05) is 24.3 Å². The van der Waals surface area contributed by atoms with Gasteiger partial charge in [0.05, 0.1) is 0 Å². The van der Waals surface area contributed by atoms with E-state index in [0.29, 0.717) is 17.9 Å². The lowest BCUT2D eigenvalue weighted by Crippen LogP contribution is -2.31. The molecular formula is C15H24N2O. The van der Waals surface area contributed by atoms with E-state index in [2.05, 4.69) is 38.3 Å². The molecule has 100 valence electrons. The minimum atomic E-state index is -0.0450. The summed E-state index contributed by atoms with van der Waals surface area (Å²) in [5.74, 6) is 1.08. The molecular weight excluding hydrogens is 224 g/mol. The molecule has 3 nitrogen and oxygen atoms in total. The highest BCUT2D eigenvalue weighted by atomic mass is 16.1. The molecule has 1 rings (SSSR count). The van der Waals surface area contributed by atoms with Crippen LogP contribution in [0.4, 0.5) is 11.4 Å². The van der Waals surface area contributed by atoms with Crippen LogP contribution in [0, 0.1) is 11.8 Å². The van der Waals surface area contributed by atoms with Crippen molar-refractivity contribution in [3.05, 3.63) is 24.3 Å². The van der Waals surface area contributed by atoms with E-state index in [1.165, 1.54) is 6.92 Å². The Bertz CT molecular complexity index is 391. The zero-order chi connectivity index (χ0) is 13.7. The average molecular weight is 248 g/mol. The number of carbonyl (C=O) groups excluding carboxylic acids is 1. The van der Waals surface area contributed by atoms with Gasteiger partial charge >= 0.3 is 0 Å². The maximum atomic E-state index is 11.0. The van der Waals surface area contributed by atoms with Crippen LogP contribution in [0.3, 0.4) is 0 Å². The summed E-state index contributed by atoms with van der Waals surface area (Å²) in [5.41, 5.74) is 1.88. The van der Waals surface area contributed by atoms with Gasteiger partial charge in [-0.05, 0) is 30.0 Å². The van der Waals surface area contributed by atoms with E-state index in [9.17, 15) is 4.79 Å². The van der Waals surface area contributed by atoms with Crippen LogP contribution in [0.2, 0.25) is 0 Å². The number of hydrogen-bond donors (Lipinski definition) is 2. The van der Waals surface area contributed by atoms with E-state index in [0.717, 1.165) is 11.4 Å². The fraction of sp³-hybridized carbons (Fsp3) is 0.533. The van der Waals surface area contributed by atoms with E-state index in [1.54, 1.807) is 0 Å². The number of benzene rings is 1. The largest absolute Gasteiger partial charge is 0.382 e. The molecule has 0 radical (unpaired) electrons. The second-order valence-corrected chi connectivity index (χ2v) is 5.42. The van der Waals surface area contributed by atoms with Gasteiger partial charge < -0.3 is 10.6 Å². The van der Waals surface area contributed by atoms with Crippen molar-refractivity contribution in [1.82, 2.24) is 0 Å². The van der Waals surface area contributed by atoms with Crippen LogP contribution in [0.5, 0.6) is 0 Å². The third-order valence-corrected chi connectivity index (χ3v) is 2.95. The maximum absolute atomic E-state index is 11.0. The summed E-state index contributed by atoms with van der Waals surface area (Å²) in [4.78, 5) is 11.0. The van der Waals surface area contributed by atoms with Crippen LogP contribution in [0.15, 0.2) is 24.3 Å². The van der Waals surface area contributed by atoms with Gasteiger partial charge in [0, 0.05) is 24.3 Å². The lowest BCUT2D eigenvalue weighted by molar-refractivity contribution is -0.114. The van der Waals surface area contributed by atoms with Gasteiger partial charge in [0.25, 0.3) is 0 Å². The molecule has 3 heteroatoms. The number of nitrogens with one attached hydrogen (secondary N) is 2. The first-order chi connectivity index (χ1) is 8.40. The second-order valence-electron chi connectivity index (χ2n) is 5.42. The molecule has 2 N–H and O–H groups in total. The summed E-state index contributed by atoms with van der Waals surface area (Å²) in [6, 6.07) is 8.28. The van der Waals surface area contributed by atoms with Gasteiger partial charge in [-0.25, -0.2) is 0 Å². The Balaban J connectivity index is 2.80. The molecule has 0 saturated carbocycles. The summed E-state index contributed by atoms with van der Waals surface area (Å²) in [6.07, 6.45) is 0. The lowest BCUT2D eigenvalue weighted by Gasteiger charge is -2.27. The van der Waals surface area contributed by atoms with Crippen LogP contribution in [-0.4, -0.2) is 11.9 Å². The topological polar surface area (TPSA) is 41.1 Å². The van der Waals surface area contributed by atoms with Crippen LogP contribution in [-0.2, 0) is 4.79 Å². The molecule has 0 spiro atoms. The molecule has 1 aromatic carbocycles. The zero-order valence-corrected chi connectivity index (χ0v) is 11.9. The summed E-state index contributed by atoms with van der Waals surface area (Å²) < 4.78 is 0. The van der Waals surface area contributed by atoms with Crippen molar-refractivity contribution < 1.29 is 4.79 Å². The van der Waals surface area contributed by atoms with Gasteiger partial charge in [-0.3, -0.25) is 4.79 Å². The SMILES string of the molecule is CC(=O)Nc1cccc(NC(C(C)C)C(C)C)c1. The Hall–Kier alpha value is -1.51. The minimum absolute atomic E-state index is 0.0450. The van der Waals surface area contributed by atoms with Gasteiger partial charge in [0.15, 0.2) is 0 Å². The molecule has 0 atom stereocenters. The van der Waals surface area contributed by atoms with Crippen LogP contribution >= 0.6 is 0 Å². The number of anilines is 2. The third-order valence-electron chi connectivity index (χ3n) is 2.95. The number of hydrogen-bond acceptors (Lipinski definition) is 2. The van der Waals surface area contributed by atoms with Crippen LogP contribution in [0.25, 0.3) is 0 Å². The highest BCUT2D eigenvalue weighted by molar-refractivity contribution is 5.89. The predicted molar refractivity (Wildman–Crippen MR) is 77.8 cm³/mol. The lowest BCUT2D eigenvalue weighted by atomic mass is 9.93. The molecule has 0 aromatic heterocycles. The number of rotatable bonds is 5. The van der Waals surface area contributed by atoms with Gasteiger partial charge in [-0.2, -0.15) is 0 Å². The van der Waals surface area contributed by atoms with Crippen molar-refractivity contribution in [2.75, 3.05) is 10.6 Å². The normalized spacial score (nSPS) is 11.1. The number of amides is 1. The van der Waals surface area contributed by atoms with Gasteiger partial charge in [-0.1, -0.05) is 33.8 Å². The first kappa shape index (κ1) is 14.6. The van der Waals surface area contributed by atoms with Crippen molar-refractivity contribution in [3.63, 3.8) is 0 Å².